The number of nitrogens with zero attached hydrogens (tertiary/aromatic N) is 2. The summed E-state index contributed by atoms with van der Waals surface area (Å²) in [4.78, 5) is 16.1. The van der Waals surface area contributed by atoms with Crippen molar-refractivity contribution in [3.63, 3.8) is 0 Å². The van der Waals surface area contributed by atoms with Crippen molar-refractivity contribution >= 4 is 43.5 Å². The Bertz CT molecular complexity index is 1070. The molecule has 0 radical (unpaired) electrons. The zero-order valence-corrected chi connectivity index (χ0v) is 18.9. The zero-order valence-electron chi connectivity index (χ0n) is 15.7. The molecule has 1 aliphatic heterocycles. The van der Waals surface area contributed by atoms with E-state index in [1.807, 2.05) is 6.07 Å². The van der Waals surface area contributed by atoms with Gasteiger partial charge in [0, 0.05) is 18.9 Å². The number of hydrogen-bond donors (Lipinski definition) is 1. The van der Waals surface area contributed by atoms with E-state index in [9.17, 15) is 27.6 Å². The summed E-state index contributed by atoms with van der Waals surface area (Å²) in [5, 5.41) is 15.3. The Kier molecular flexibility index (Phi) is 6.43. The summed E-state index contributed by atoms with van der Waals surface area (Å²) in [5.41, 5.74) is -2.24. The van der Waals surface area contributed by atoms with Crippen molar-refractivity contribution in [1.29, 1.82) is 5.26 Å². The molecule has 0 aliphatic carbocycles. The molecule has 1 amide bonds. The second-order valence-corrected chi connectivity index (χ2v) is 8.48. The van der Waals surface area contributed by atoms with E-state index < -0.39 is 36.0 Å². The fourth-order valence-electron chi connectivity index (χ4n) is 3.11. The van der Waals surface area contributed by atoms with Crippen molar-refractivity contribution in [3.8, 4) is 6.07 Å². The summed E-state index contributed by atoms with van der Waals surface area (Å²) in [6.07, 6.45) is -5.47. The van der Waals surface area contributed by atoms with Gasteiger partial charge in [0.15, 0.2) is 5.82 Å². The van der Waals surface area contributed by atoms with E-state index in [1.165, 1.54) is 31.2 Å². The van der Waals surface area contributed by atoms with Gasteiger partial charge < -0.3 is 10.2 Å². The van der Waals surface area contributed by atoms with Crippen molar-refractivity contribution < 1.29 is 27.2 Å². The van der Waals surface area contributed by atoms with Gasteiger partial charge in [-0.05, 0) is 55.1 Å². The van der Waals surface area contributed by atoms with E-state index in [4.69, 9.17) is 4.84 Å². The van der Waals surface area contributed by atoms with Gasteiger partial charge in [-0.2, -0.15) is 18.4 Å². The van der Waals surface area contributed by atoms with Gasteiger partial charge >= 0.3 is 6.18 Å². The van der Waals surface area contributed by atoms with Crippen LogP contribution in [0, 0.1) is 17.1 Å². The summed E-state index contributed by atoms with van der Waals surface area (Å²) in [6.45, 7) is 1.27. The molecule has 0 spiro atoms. The molecule has 1 N–H and O–H groups in total. The molecule has 3 rings (SSSR count). The molecule has 5 nitrogen and oxygen atoms in total. The van der Waals surface area contributed by atoms with E-state index in [1.54, 1.807) is 0 Å². The number of nitrogens with one attached hydrogen (secondary N) is 1. The van der Waals surface area contributed by atoms with Crippen molar-refractivity contribution in [2.75, 3.05) is 0 Å². The lowest BCUT2D eigenvalue weighted by Crippen LogP contribution is -2.42. The molecule has 0 bridgehead atoms. The van der Waals surface area contributed by atoms with Crippen LogP contribution in [-0.4, -0.2) is 17.8 Å². The van der Waals surface area contributed by atoms with Gasteiger partial charge in [0.2, 0.25) is 5.91 Å². The first-order valence-corrected chi connectivity index (χ1v) is 10.3. The summed E-state index contributed by atoms with van der Waals surface area (Å²) < 4.78 is 55.9. The molecule has 2 unspecified atom stereocenters. The number of amides is 1. The number of hydrogen-bond acceptors (Lipinski definition) is 4. The van der Waals surface area contributed by atoms with Gasteiger partial charge in [-0.1, -0.05) is 29.4 Å². The first-order valence-electron chi connectivity index (χ1n) is 8.72. The average molecular weight is 563 g/mol. The summed E-state index contributed by atoms with van der Waals surface area (Å²) >= 11 is 5.84. The quantitative estimate of drug-likeness (QED) is 0.387. The molecule has 0 saturated carbocycles. The Morgan fingerprint density at radius 2 is 1.84 bits per heavy atom. The lowest BCUT2D eigenvalue weighted by Gasteiger charge is -2.29. The van der Waals surface area contributed by atoms with Crippen LogP contribution in [-0.2, 0) is 15.2 Å². The van der Waals surface area contributed by atoms with Crippen LogP contribution in [0.15, 0.2) is 50.5 Å². The van der Waals surface area contributed by atoms with Crippen molar-refractivity contribution in [2.45, 2.75) is 31.2 Å². The molecular weight excluding hydrogens is 550 g/mol. The molecule has 31 heavy (non-hydrogen) atoms. The number of benzene rings is 2. The van der Waals surface area contributed by atoms with Crippen LogP contribution < -0.4 is 5.32 Å². The van der Waals surface area contributed by atoms with E-state index in [0.29, 0.717) is 11.1 Å². The predicted molar refractivity (Wildman–Crippen MR) is 110 cm³/mol. The molecule has 11 heteroatoms. The number of rotatable bonds is 4. The van der Waals surface area contributed by atoms with E-state index in [0.717, 1.165) is 12.1 Å². The Morgan fingerprint density at radius 3 is 2.32 bits per heavy atom. The van der Waals surface area contributed by atoms with Gasteiger partial charge in [0.1, 0.15) is 6.04 Å². The molecule has 2 atom stereocenters. The maximum Gasteiger partial charge on any atom is 0.435 e. The number of carbonyl (C=O) groups is 1. The highest BCUT2D eigenvalue weighted by Crippen LogP contribution is 2.50. The van der Waals surface area contributed by atoms with E-state index >= 15 is 0 Å². The monoisotopic (exact) mass is 561 g/mol. The van der Waals surface area contributed by atoms with E-state index in [2.05, 4.69) is 42.3 Å². The average Bonchev–Trinajstić information content (AvgIpc) is 3.17. The van der Waals surface area contributed by atoms with Gasteiger partial charge in [-0.25, -0.2) is 4.39 Å². The third-order valence-corrected chi connectivity index (χ3v) is 5.84. The van der Waals surface area contributed by atoms with Crippen LogP contribution in [0.3, 0.4) is 0 Å². The molecule has 0 aromatic heterocycles. The van der Waals surface area contributed by atoms with Crippen molar-refractivity contribution in [3.05, 3.63) is 67.9 Å². The fourth-order valence-corrected chi connectivity index (χ4v) is 4.30. The minimum Gasteiger partial charge on any atom is -0.374 e. The van der Waals surface area contributed by atoms with Crippen LogP contribution in [0.2, 0.25) is 0 Å². The molecule has 162 valence electrons. The molecule has 2 aromatic carbocycles. The molecule has 2 aromatic rings. The normalized spacial score (nSPS) is 19.2. The lowest BCUT2D eigenvalue weighted by atomic mass is 9.86. The topological polar surface area (TPSA) is 74.5 Å². The third kappa shape index (κ3) is 4.45. The number of carbonyl (C=O) groups excluding carboxylic acids is 1. The SMILES string of the molecule is CC(=O)NC(C#N)c1ccc(C2=NOC(c3cc(Br)c(F)c(Br)c3)(C(F)(F)F)C2)cc1. The molecule has 0 saturated heterocycles. The first-order chi connectivity index (χ1) is 14.5. The van der Waals surface area contributed by atoms with Gasteiger partial charge in [-0.15, -0.1) is 0 Å². The minimum atomic E-state index is -4.84. The Labute approximate surface area is 191 Å². The van der Waals surface area contributed by atoms with Crippen LogP contribution in [0.1, 0.15) is 36.1 Å². The Hall–Kier alpha value is -2.45. The highest BCUT2D eigenvalue weighted by Gasteiger charge is 2.62. The first kappa shape index (κ1) is 23.2. The van der Waals surface area contributed by atoms with Crippen LogP contribution in [0.25, 0.3) is 0 Å². The predicted octanol–water partition coefficient (Wildman–Crippen LogP) is 5.63. The Balaban J connectivity index is 1.93. The largest absolute Gasteiger partial charge is 0.435 e. The number of alkyl halides is 3. The summed E-state index contributed by atoms with van der Waals surface area (Å²) in [7, 11) is 0. The highest BCUT2D eigenvalue weighted by molar-refractivity contribution is 9.11. The smallest absolute Gasteiger partial charge is 0.374 e. The third-order valence-electron chi connectivity index (χ3n) is 4.69. The van der Waals surface area contributed by atoms with Crippen molar-refractivity contribution in [2.24, 2.45) is 5.16 Å². The summed E-state index contributed by atoms with van der Waals surface area (Å²) in [6, 6.07) is 9.08. The standard InChI is InChI=1S/C20H13Br2F4N3O2/c1-10(30)28-17(9-27)12-4-2-11(3-5-12)16-8-19(31-29-16,20(24,25)26)13-6-14(21)18(23)15(22)7-13/h2-7,17H,8H2,1H3,(H,28,30). The molecular formula is C20H13Br2F4N3O2. The van der Waals surface area contributed by atoms with Gasteiger partial charge in [-0.3, -0.25) is 4.79 Å². The number of nitriles is 1. The van der Waals surface area contributed by atoms with Crippen LogP contribution >= 0.6 is 31.9 Å². The summed E-state index contributed by atoms with van der Waals surface area (Å²) in [5.74, 6) is -1.13. The number of halogens is 6. The zero-order chi connectivity index (χ0) is 23.0. The van der Waals surface area contributed by atoms with Gasteiger partial charge in [0.05, 0.1) is 20.7 Å². The molecule has 1 aliphatic rings. The second-order valence-electron chi connectivity index (χ2n) is 6.77. The maximum absolute atomic E-state index is 14.1. The fraction of sp³-hybridized carbons (Fsp3) is 0.250. The molecule has 0 fully saturated rings. The molecule has 1 heterocycles. The van der Waals surface area contributed by atoms with Crippen molar-refractivity contribution in [1.82, 2.24) is 5.32 Å². The minimum absolute atomic E-state index is 0.0356. The second kappa shape index (κ2) is 8.59. The van der Waals surface area contributed by atoms with Crippen LogP contribution in [0.4, 0.5) is 17.6 Å². The Morgan fingerprint density at radius 1 is 1.26 bits per heavy atom. The maximum atomic E-state index is 14.1. The number of oxime groups is 1. The highest BCUT2D eigenvalue weighted by atomic mass is 79.9. The van der Waals surface area contributed by atoms with Gasteiger partial charge in [0.25, 0.3) is 5.60 Å². The van der Waals surface area contributed by atoms with Crippen LogP contribution in [0.5, 0.6) is 0 Å². The lowest BCUT2D eigenvalue weighted by molar-refractivity contribution is -0.275. The van der Waals surface area contributed by atoms with E-state index in [-0.39, 0.29) is 20.2 Å².